The maximum Gasteiger partial charge on any atom is 0.314 e. The fourth-order valence-electron chi connectivity index (χ4n) is 0.529. The highest BCUT2D eigenvalue weighted by Gasteiger charge is 2.10. The van der Waals surface area contributed by atoms with Crippen LogP contribution in [0.4, 0.5) is 0 Å². The second kappa shape index (κ2) is 6.47. The third-order valence-corrected chi connectivity index (χ3v) is 1.31. The molecule has 6 heteroatoms. The van der Waals surface area contributed by atoms with E-state index in [-0.39, 0.29) is 19.3 Å². The standard InChI is InChI=1S/C7H10O5S/c8-5(9)1-2-6(10)12-7(11)3-4-13/h13H,1-4H2,(H,8,9). The third-order valence-electron chi connectivity index (χ3n) is 1.09. The molecule has 0 rings (SSSR count). The molecule has 0 aromatic heterocycles. The quantitative estimate of drug-likeness (QED) is 0.382. The van der Waals surface area contributed by atoms with E-state index in [1.54, 1.807) is 0 Å². The van der Waals surface area contributed by atoms with Crippen molar-refractivity contribution in [1.29, 1.82) is 0 Å². The molecule has 0 amide bonds. The van der Waals surface area contributed by atoms with Crippen LogP contribution < -0.4 is 0 Å². The summed E-state index contributed by atoms with van der Waals surface area (Å²) < 4.78 is 4.25. The molecule has 0 bridgehead atoms. The summed E-state index contributed by atoms with van der Waals surface area (Å²) in [4.78, 5) is 31.4. The molecule has 0 fully saturated rings. The number of hydrogen-bond acceptors (Lipinski definition) is 5. The predicted molar refractivity (Wildman–Crippen MR) is 46.4 cm³/mol. The van der Waals surface area contributed by atoms with Crippen molar-refractivity contribution in [3.63, 3.8) is 0 Å². The third kappa shape index (κ3) is 7.32. The lowest BCUT2D eigenvalue weighted by atomic mass is 10.3. The zero-order chi connectivity index (χ0) is 10.3. The average molecular weight is 206 g/mol. The number of ether oxygens (including phenoxy) is 1. The fourth-order valence-corrected chi connectivity index (χ4v) is 0.712. The predicted octanol–water partition coefficient (Wildman–Crippen LogP) is 0.241. The molecule has 0 aromatic rings. The largest absolute Gasteiger partial charge is 0.481 e. The van der Waals surface area contributed by atoms with Crippen LogP contribution in [-0.4, -0.2) is 28.8 Å². The summed E-state index contributed by atoms with van der Waals surface area (Å²) >= 11 is 3.76. The number of hydrogen-bond donors (Lipinski definition) is 2. The van der Waals surface area contributed by atoms with E-state index in [2.05, 4.69) is 17.4 Å². The Kier molecular flexibility index (Phi) is 5.96. The minimum absolute atomic E-state index is 0.0436. The van der Waals surface area contributed by atoms with Crippen LogP contribution in [0.25, 0.3) is 0 Å². The second-order valence-electron chi connectivity index (χ2n) is 2.21. The normalized spacial score (nSPS) is 9.31. The van der Waals surface area contributed by atoms with Gasteiger partial charge in [-0.15, -0.1) is 0 Å². The van der Waals surface area contributed by atoms with Gasteiger partial charge in [-0.3, -0.25) is 14.4 Å². The van der Waals surface area contributed by atoms with E-state index >= 15 is 0 Å². The Balaban J connectivity index is 3.62. The second-order valence-corrected chi connectivity index (χ2v) is 2.66. The lowest BCUT2D eigenvalue weighted by Crippen LogP contribution is -2.13. The lowest BCUT2D eigenvalue weighted by molar-refractivity contribution is -0.160. The van der Waals surface area contributed by atoms with Crippen LogP contribution >= 0.6 is 12.6 Å². The van der Waals surface area contributed by atoms with Crippen molar-refractivity contribution in [2.75, 3.05) is 5.75 Å². The fraction of sp³-hybridized carbons (Fsp3) is 0.571. The van der Waals surface area contributed by atoms with E-state index in [9.17, 15) is 14.4 Å². The molecule has 0 saturated carbocycles. The van der Waals surface area contributed by atoms with Crippen LogP contribution in [0.1, 0.15) is 19.3 Å². The maximum absolute atomic E-state index is 10.7. The van der Waals surface area contributed by atoms with Gasteiger partial charge in [-0.05, 0) is 0 Å². The van der Waals surface area contributed by atoms with Crippen molar-refractivity contribution in [2.45, 2.75) is 19.3 Å². The minimum atomic E-state index is -1.10. The van der Waals surface area contributed by atoms with Crippen molar-refractivity contribution >= 4 is 30.5 Å². The zero-order valence-electron chi connectivity index (χ0n) is 6.86. The Morgan fingerprint density at radius 2 is 1.62 bits per heavy atom. The molecular formula is C7H10O5S. The molecule has 0 aliphatic heterocycles. The van der Waals surface area contributed by atoms with Crippen LogP contribution in [0.15, 0.2) is 0 Å². The first-order valence-corrected chi connectivity index (χ1v) is 4.25. The zero-order valence-corrected chi connectivity index (χ0v) is 7.75. The van der Waals surface area contributed by atoms with Crippen LogP contribution in [0.3, 0.4) is 0 Å². The van der Waals surface area contributed by atoms with Gasteiger partial charge in [-0.25, -0.2) is 0 Å². The van der Waals surface area contributed by atoms with Gasteiger partial charge in [0, 0.05) is 5.75 Å². The van der Waals surface area contributed by atoms with E-state index in [0.717, 1.165) is 0 Å². The maximum atomic E-state index is 10.7. The molecule has 0 aliphatic rings. The highest BCUT2D eigenvalue weighted by molar-refractivity contribution is 7.80. The summed E-state index contributed by atoms with van der Waals surface area (Å²) in [5, 5.41) is 8.19. The average Bonchev–Trinajstić information content (AvgIpc) is 2.01. The number of carbonyl (C=O) groups is 3. The summed E-state index contributed by atoms with van der Waals surface area (Å²) in [5.41, 5.74) is 0. The summed E-state index contributed by atoms with van der Waals surface area (Å²) in [7, 11) is 0. The first-order valence-electron chi connectivity index (χ1n) is 3.62. The summed E-state index contributed by atoms with van der Waals surface area (Å²) in [6, 6.07) is 0. The van der Waals surface area contributed by atoms with Gasteiger partial charge in [0.05, 0.1) is 19.3 Å². The van der Waals surface area contributed by atoms with Crippen LogP contribution in [0.5, 0.6) is 0 Å². The van der Waals surface area contributed by atoms with E-state index in [0.29, 0.717) is 5.75 Å². The molecule has 1 N–H and O–H groups in total. The van der Waals surface area contributed by atoms with Crippen LogP contribution in [-0.2, 0) is 19.1 Å². The first kappa shape index (κ1) is 12.0. The molecule has 5 nitrogen and oxygen atoms in total. The van der Waals surface area contributed by atoms with Crippen molar-refractivity contribution in [3.8, 4) is 0 Å². The summed E-state index contributed by atoms with van der Waals surface area (Å²) in [6.07, 6.45) is -0.567. The number of aliphatic carboxylic acids is 1. The van der Waals surface area contributed by atoms with Crippen molar-refractivity contribution in [3.05, 3.63) is 0 Å². The van der Waals surface area contributed by atoms with Crippen molar-refractivity contribution in [2.24, 2.45) is 0 Å². The van der Waals surface area contributed by atoms with E-state index < -0.39 is 17.9 Å². The molecule has 13 heavy (non-hydrogen) atoms. The molecule has 0 spiro atoms. The Morgan fingerprint density at radius 3 is 2.08 bits per heavy atom. The highest BCUT2D eigenvalue weighted by Crippen LogP contribution is 1.96. The highest BCUT2D eigenvalue weighted by atomic mass is 32.1. The van der Waals surface area contributed by atoms with Gasteiger partial charge in [0.1, 0.15) is 0 Å². The smallest absolute Gasteiger partial charge is 0.314 e. The van der Waals surface area contributed by atoms with Gasteiger partial charge in [0.2, 0.25) is 0 Å². The number of carboxylic acid groups (broad SMARTS) is 1. The molecule has 0 aromatic carbocycles. The van der Waals surface area contributed by atoms with Crippen molar-refractivity contribution < 1.29 is 24.2 Å². The molecule has 0 saturated heterocycles. The van der Waals surface area contributed by atoms with Gasteiger partial charge in [0.15, 0.2) is 0 Å². The van der Waals surface area contributed by atoms with Crippen molar-refractivity contribution in [1.82, 2.24) is 0 Å². The first-order chi connectivity index (χ1) is 6.06. The van der Waals surface area contributed by atoms with E-state index in [1.165, 1.54) is 0 Å². The molecule has 0 heterocycles. The number of rotatable bonds is 5. The molecule has 74 valence electrons. The lowest BCUT2D eigenvalue weighted by Gasteiger charge is -1.99. The van der Waals surface area contributed by atoms with Crippen LogP contribution in [0, 0.1) is 0 Å². The monoisotopic (exact) mass is 206 g/mol. The van der Waals surface area contributed by atoms with Gasteiger partial charge in [-0.1, -0.05) is 0 Å². The molecule has 0 unspecified atom stereocenters. The molecule has 0 atom stereocenters. The summed E-state index contributed by atoms with van der Waals surface area (Å²) in [5.74, 6) is -2.29. The van der Waals surface area contributed by atoms with Gasteiger partial charge < -0.3 is 9.84 Å². The van der Waals surface area contributed by atoms with Crippen LogP contribution in [0.2, 0.25) is 0 Å². The molecule has 0 aliphatic carbocycles. The topological polar surface area (TPSA) is 80.7 Å². The van der Waals surface area contributed by atoms with Gasteiger partial charge >= 0.3 is 17.9 Å². The number of carbonyl (C=O) groups excluding carboxylic acids is 2. The molecular weight excluding hydrogens is 196 g/mol. The SMILES string of the molecule is O=C(O)CCC(=O)OC(=O)CCS. The van der Waals surface area contributed by atoms with Gasteiger partial charge in [-0.2, -0.15) is 12.6 Å². The minimum Gasteiger partial charge on any atom is -0.481 e. The van der Waals surface area contributed by atoms with E-state index in [4.69, 9.17) is 5.11 Å². The Labute approximate surface area is 80.5 Å². The Morgan fingerprint density at radius 1 is 1.08 bits per heavy atom. The Bertz CT molecular complexity index is 213. The van der Waals surface area contributed by atoms with E-state index in [1.807, 2.05) is 0 Å². The number of thiol groups is 1. The molecule has 0 radical (unpaired) electrons. The van der Waals surface area contributed by atoms with Gasteiger partial charge in [0.25, 0.3) is 0 Å². The summed E-state index contributed by atoms with van der Waals surface area (Å²) in [6.45, 7) is 0. The Hall–Kier alpha value is -1.04. The number of carboxylic acids is 1. The number of esters is 2.